The van der Waals surface area contributed by atoms with Crippen LogP contribution in [-0.4, -0.2) is 12.0 Å². The number of quaternary nitrogens is 1. The SMILES string of the molecule is [NH3+][C@H](Cc1ccc(CP(=O)([O-])[O-])cc1)C(=O)[O-]. The zero-order valence-corrected chi connectivity index (χ0v) is 9.89. The van der Waals surface area contributed by atoms with Gasteiger partial charge >= 0.3 is 0 Å². The minimum Gasteiger partial charge on any atom is -0.810 e. The van der Waals surface area contributed by atoms with E-state index < -0.39 is 25.8 Å². The quantitative estimate of drug-likeness (QED) is 0.561. The van der Waals surface area contributed by atoms with Gasteiger partial charge in [-0.05, 0) is 11.1 Å². The molecule has 1 rings (SSSR count). The van der Waals surface area contributed by atoms with Crippen molar-refractivity contribution in [3.8, 4) is 0 Å². The summed E-state index contributed by atoms with van der Waals surface area (Å²) in [4.78, 5) is 31.5. The molecule has 94 valence electrons. The molecule has 0 aromatic heterocycles. The van der Waals surface area contributed by atoms with Gasteiger partial charge in [0, 0.05) is 12.6 Å². The average molecular weight is 257 g/mol. The molecule has 0 bridgehead atoms. The van der Waals surface area contributed by atoms with Crippen molar-refractivity contribution in [3.63, 3.8) is 0 Å². The van der Waals surface area contributed by atoms with Gasteiger partial charge in [-0.15, -0.1) is 0 Å². The van der Waals surface area contributed by atoms with Gasteiger partial charge in [-0.2, -0.15) is 0 Å². The molecule has 0 aliphatic rings. The van der Waals surface area contributed by atoms with E-state index in [4.69, 9.17) is 0 Å². The number of carbonyl (C=O) groups is 1. The molecule has 0 heterocycles. The number of carboxylic acid groups (broad SMARTS) is 1. The third kappa shape index (κ3) is 5.10. The van der Waals surface area contributed by atoms with E-state index in [0.717, 1.165) is 0 Å². The standard InChI is InChI=1S/C10H14NO5P/c11-9(10(12)13)5-7-1-3-8(4-2-7)6-17(14,15)16/h1-4,9H,5-6,11H2,(H,12,13)(H2,14,15,16)/p-2/t9-/m1/s1. The summed E-state index contributed by atoms with van der Waals surface area (Å²) in [5.41, 5.74) is 4.49. The molecule has 3 N–H and O–H groups in total. The predicted molar refractivity (Wildman–Crippen MR) is 53.1 cm³/mol. The highest BCUT2D eigenvalue weighted by Gasteiger charge is 2.08. The molecule has 1 atom stereocenters. The van der Waals surface area contributed by atoms with Gasteiger partial charge in [-0.1, -0.05) is 31.9 Å². The Morgan fingerprint density at radius 2 is 1.71 bits per heavy atom. The lowest BCUT2D eigenvalue weighted by Crippen LogP contribution is -2.69. The van der Waals surface area contributed by atoms with Crippen LogP contribution >= 0.6 is 7.60 Å². The predicted octanol–water partition coefficient (Wildman–Crippen LogP) is -3.00. The normalized spacial score (nSPS) is 13.4. The van der Waals surface area contributed by atoms with Gasteiger partial charge in [-0.25, -0.2) is 0 Å². The maximum atomic E-state index is 10.5. The summed E-state index contributed by atoms with van der Waals surface area (Å²) < 4.78 is 10.5. The Kier molecular flexibility index (Phi) is 4.42. The maximum absolute atomic E-state index is 10.5. The highest BCUT2D eigenvalue weighted by Crippen LogP contribution is 2.29. The third-order valence-corrected chi connectivity index (χ3v) is 2.97. The first-order valence-electron chi connectivity index (χ1n) is 4.91. The molecule has 17 heavy (non-hydrogen) atoms. The Bertz CT molecular complexity index is 439. The molecule has 0 saturated carbocycles. The Balaban J connectivity index is 2.68. The summed E-state index contributed by atoms with van der Waals surface area (Å²) in [6.45, 7) is 0. The van der Waals surface area contributed by atoms with E-state index in [0.29, 0.717) is 11.1 Å². The van der Waals surface area contributed by atoms with Crippen molar-refractivity contribution in [2.45, 2.75) is 18.6 Å². The zero-order chi connectivity index (χ0) is 13.1. The molecule has 0 aliphatic carbocycles. The monoisotopic (exact) mass is 257 g/mol. The molecule has 1 aromatic rings. The largest absolute Gasteiger partial charge is 0.810 e. The van der Waals surface area contributed by atoms with Crippen molar-refractivity contribution < 1.29 is 30.0 Å². The van der Waals surface area contributed by atoms with Crippen LogP contribution < -0.4 is 20.6 Å². The van der Waals surface area contributed by atoms with Crippen LogP contribution in [0.25, 0.3) is 0 Å². The number of carboxylic acids is 1. The number of hydrogen-bond donors (Lipinski definition) is 1. The summed E-state index contributed by atoms with van der Waals surface area (Å²) in [6, 6.07) is 5.27. The molecule has 0 fully saturated rings. The van der Waals surface area contributed by atoms with E-state index in [9.17, 15) is 24.3 Å². The first-order chi connectivity index (χ1) is 7.78. The van der Waals surface area contributed by atoms with E-state index in [1.165, 1.54) is 12.1 Å². The van der Waals surface area contributed by atoms with Crippen molar-refractivity contribution in [2.24, 2.45) is 0 Å². The van der Waals surface area contributed by atoms with E-state index in [-0.39, 0.29) is 6.42 Å². The lowest BCUT2D eigenvalue weighted by atomic mass is 10.1. The molecular formula is C10H12NO5P-2. The summed E-state index contributed by atoms with van der Waals surface area (Å²) in [6.07, 6.45) is -0.337. The number of carbonyl (C=O) groups excluding carboxylic acids is 1. The fraction of sp³-hybridized carbons (Fsp3) is 0.300. The summed E-state index contributed by atoms with van der Waals surface area (Å²) in [7, 11) is -4.56. The number of aliphatic carboxylic acids is 1. The van der Waals surface area contributed by atoms with Crippen LogP contribution in [-0.2, 0) is 21.9 Å². The number of rotatable bonds is 5. The van der Waals surface area contributed by atoms with Crippen LogP contribution in [0.2, 0.25) is 0 Å². The third-order valence-electron chi connectivity index (χ3n) is 2.21. The van der Waals surface area contributed by atoms with Crippen LogP contribution in [0.5, 0.6) is 0 Å². The van der Waals surface area contributed by atoms with Gasteiger partial charge in [0.1, 0.15) is 6.04 Å². The molecule has 7 heteroatoms. The zero-order valence-electron chi connectivity index (χ0n) is 9.00. The lowest BCUT2D eigenvalue weighted by Gasteiger charge is -2.29. The summed E-state index contributed by atoms with van der Waals surface area (Å²) in [5.74, 6) is -1.24. The molecule has 6 nitrogen and oxygen atoms in total. The van der Waals surface area contributed by atoms with Crippen LogP contribution in [0.15, 0.2) is 24.3 Å². The Labute approximate surface area is 98.2 Å². The highest BCUT2D eigenvalue weighted by molar-refractivity contribution is 7.47. The summed E-state index contributed by atoms with van der Waals surface area (Å²) >= 11 is 0. The van der Waals surface area contributed by atoms with Crippen LogP contribution in [0.1, 0.15) is 11.1 Å². The number of hydrogen-bond acceptors (Lipinski definition) is 5. The van der Waals surface area contributed by atoms with Gasteiger partial charge < -0.3 is 30.0 Å². The average Bonchev–Trinajstić information content (AvgIpc) is 2.18. The molecular weight excluding hydrogens is 245 g/mol. The fourth-order valence-corrected chi connectivity index (χ4v) is 2.03. The molecule has 0 unspecified atom stereocenters. The van der Waals surface area contributed by atoms with Gasteiger partial charge in [-0.3, -0.25) is 0 Å². The molecule has 0 spiro atoms. The van der Waals surface area contributed by atoms with Crippen molar-refractivity contribution in [3.05, 3.63) is 35.4 Å². The Morgan fingerprint density at radius 3 is 2.12 bits per heavy atom. The number of benzene rings is 1. The lowest BCUT2D eigenvalue weighted by molar-refractivity contribution is -0.437. The van der Waals surface area contributed by atoms with Crippen molar-refractivity contribution >= 4 is 13.6 Å². The molecule has 0 aliphatic heterocycles. The van der Waals surface area contributed by atoms with E-state index in [1.807, 2.05) is 0 Å². The van der Waals surface area contributed by atoms with Gasteiger partial charge in [0.15, 0.2) is 0 Å². The first kappa shape index (κ1) is 13.9. The van der Waals surface area contributed by atoms with Crippen molar-refractivity contribution in [1.82, 2.24) is 0 Å². The van der Waals surface area contributed by atoms with E-state index in [2.05, 4.69) is 5.73 Å². The van der Waals surface area contributed by atoms with Gasteiger partial charge in [0.25, 0.3) is 0 Å². The minimum absolute atomic E-state index is 0.203. The Hall–Kier alpha value is -1.20. The van der Waals surface area contributed by atoms with Gasteiger partial charge in [0.05, 0.1) is 5.97 Å². The topological polar surface area (TPSA) is 131 Å². The molecule has 0 saturated heterocycles. The second-order valence-electron chi connectivity index (χ2n) is 3.81. The van der Waals surface area contributed by atoms with Crippen molar-refractivity contribution in [2.75, 3.05) is 0 Å². The van der Waals surface area contributed by atoms with Crippen LogP contribution in [0.3, 0.4) is 0 Å². The molecule has 0 amide bonds. The second kappa shape index (κ2) is 5.42. The second-order valence-corrected chi connectivity index (χ2v) is 5.34. The van der Waals surface area contributed by atoms with Crippen LogP contribution in [0, 0.1) is 0 Å². The molecule has 0 radical (unpaired) electrons. The van der Waals surface area contributed by atoms with E-state index in [1.54, 1.807) is 12.1 Å². The summed E-state index contributed by atoms with van der Waals surface area (Å²) in [5, 5.41) is 10.5. The fourth-order valence-electron chi connectivity index (χ4n) is 1.37. The molecule has 1 aromatic carbocycles. The smallest absolute Gasteiger partial charge is 0.129 e. The highest BCUT2D eigenvalue weighted by atomic mass is 31.2. The maximum Gasteiger partial charge on any atom is 0.129 e. The Morgan fingerprint density at radius 1 is 1.24 bits per heavy atom. The van der Waals surface area contributed by atoms with Crippen LogP contribution in [0.4, 0.5) is 0 Å². The first-order valence-corrected chi connectivity index (χ1v) is 6.63. The minimum atomic E-state index is -4.56. The van der Waals surface area contributed by atoms with Gasteiger partial charge in [0.2, 0.25) is 0 Å². The van der Waals surface area contributed by atoms with E-state index >= 15 is 0 Å². The van der Waals surface area contributed by atoms with Crippen molar-refractivity contribution in [1.29, 1.82) is 0 Å².